The van der Waals surface area contributed by atoms with Gasteiger partial charge < -0.3 is 14.5 Å². The van der Waals surface area contributed by atoms with Gasteiger partial charge in [-0.3, -0.25) is 4.79 Å². The van der Waals surface area contributed by atoms with Crippen LogP contribution in [0.2, 0.25) is 0 Å². The zero-order valence-electron chi connectivity index (χ0n) is 14.4. The lowest BCUT2D eigenvalue weighted by Crippen LogP contribution is -2.20. The highest BCUT2D eigenvalue weighted by Gasteiger charge is 2.14. The number of hydrogen-bond acceptors (Lipinski definition) is 4. The van der Waals surface area contributed by atoms with Crippen LogP contribution in [0.15, 0.2) is 51.7 Å². The Hall–Kier alpha value is -3.08. The number of ether oxygens (including phenoxy) is 1. The van der Waals surface area contributed by atoms with Crippen LogP contribution in [-0.4, -0.2) is 12.5 Å². The molecule has 0 aliphatic heterocycles. The molecular weight excluding hydrogens is 318 g/mol. The minimum Gasteiger partial charge on any atom is -0.494 e. The van der Waals surface area contributed by atoms with Crippen molar-refractivity contribution in [2.45, 2.75) is 20.8 Å². The minimum atomic E-state index is -0.678. The van der Waals surface area contributed by atoms with Crippen molar-refractivity contribution in [1.29, 1.82) is 0 Å². The summed E-state index contributed by atoms with van der Waals surface area (Å²) >= 11 is 0. The van der Waals surface area contributed by atoms with Crippen LogP contribution in [0, 0.1) is 13.8 Å². The topological polar surface area (TPSA) is 68.5 Å². The highest BCUT2D eigenvalue weighted by molar-refractivity contribution is 6.05. The van der Waals surface area contributed by atoms with Gasteiger partial charge in [0.25, 0.3) is 5.91 Å². The number of hydrogen-bond donors (Lipinski definition) is 1. The normalized spacial score (nSPS) is 10.7. The summed E-state index contributed by atoms with van der Waals surface area (Å²) in [6.45, 7) is 6.29. The largest absolute Gasteiger partial charge is 0.494 e. The predicted octanol–water partition coefficient (Wildman–Crippen LogP) is 4.06. The summed E-state index contributed by atoms with van der Waals surface area (Å²) in [7, 11) is 0. The number of amides is 1. The van der Waals surface area contributed by atoms with Crippen LogP contribution in [0.25, 0.3) is 11.0 Å². The molecule has 128 valence electrons. The lowest BCUT2D eigenvalue weighted by Gasteiger charge is -2.08. The summed E-state index contributed by atoms with van der Waals surface area (Å²) in [4.78, 5) is 24.7. The van der Waals surface area contributed by atoms with Gasteiger partial charge in [-0.15, -0.1) is 0 Å². The van der Waals surface area contributed by atoms with Gasteiger partial charge in [0.05, 0.1) is 6.61 Å². The average Bonchev–Trinajstić information content (AvgIpc) is 2.53. The van der Waals surface area contributed by atoms with Gasteiger partial charge >= 0.3 is 5.63 Å². The van der Waals surface area contributed by atoms with Gasteiger partial charge in [-0.05, 0) is 62.2 Å². The van der Waals surface area contributed by atoms with Crippen molar-refractivity contribution in [2.75, 3.05) is 11.9 Å². The Balaban J connectivity index is 1.94. The number of carbonyl (C=O) groups excluding carboxylic acids is 1. The summed E-state index contributed by atoms with van der Waals surface area (Å²) in [5, 5.41) is 3.41. The van der Waals surface area contributed by atoms with Crippen LogP contribution < -0.4 is 15.7 Å². The zero-order chi connectivity index (χ0) is 18.0. The monoisotopic (exact) mass is 337 g/mol. The molecule has 0 unspecified atom stereocenters. The third-order valence-electron chi connectivity index (χ3n) is 3.74. The molecule has 5 nitrogen and oxygen atoms in total. The standard InChI is InChI=1S/C20H19NO4/c1-4-24-16-6-5-14-10-17(20(23)25-18(14)11-16)19(22)21-15-8-12(2)7-13(3)9-15/h5-11H,4H2,1-3H3,(H,21,22). The third-order valence-corrected chi connectivity index (χ3v) is 3.74. The molecule has 0 saturated heterocycles. The van der Waals surface area contributed by atoms with Gasteiger partial charge in [-0.2, -0.15) is 0 Å². The second kappa shape index (κ2) is 6.81. The van der Waals surface area contributed by atoms with E-state index in [9.17, 15) is 9.59 Å². The summed E-state index contributed by atoms with van der Waals surface area (Å²) < 4.78 is 10.7. The summed E-state index contributed by atoms with van der Waals surface area (Å²) in [6.07, 6.45) is 0. The van der Waals surface area contributed by atoms with Crippen molar-refractivity contribution in [3.05, 3.63) is 69.6 Å². The van der Waals surface area contributed by atoms with Crippen LogP contribution in [0.1, 0.15) is 28.4 Å². The molecule has 0 saturated carbocycles. The van der Waals surface area contributed by atoms with Crippen LogP contribution >= 0.6 is 0 Å². The van der Waals surface area contributed by atoms with Crippen molar-refractivity contribution < 1.29 is 13.9 Å². The van der Waals surface area contributed by atoms with E-state index in [-0.39, 0.29) is 5.56 Å². The Morgan fingerprint density at radius 1 is 1.08 bits per heavy atom. The van der Waals surface area contributed by atoms with Crippen LogP contribution in [-0.2, 0) is 0 Å². The van der Waals surface area contributed by atoms with E-state index in [2.05, 4.69) is 5.32 Å². The Morgan fingerprint density at radius 2 is 1.80 bits per heavy atom. The van der Waals surface area contributed by atoms with Crippen LogP contribution in [0.3, 0.4) is 0 Å². The molecule has 0 radical (unpaired) electrons. The Morgan fingerprint density at radius 3 is 2.48 bits per heavy atom. The lowest BCUT2D eigenvalue weighted by atomic mass is 10.1. The molecule has 2 aromatic carbocycles. The molecule has 0 fully saturated rings. The molecule has 0 bridgehead atoms. The second-order valence-electron chi connectivity index (χ2n) is 5.91. The molecule has 0 aliphatic rings. The fourth-order valence-corrected chi connectivity index (χ4v) is 2.75. The van der Waals surface area contributed by atoms with E-state index < -0.39 is 11.5 Å². The van der Waals surface area contributed by atoms with Gasteiger partial charge in [0.15, 0.2) is 0 Å². The molecule has 1 heterocycles. The Kier molecular flexibility index (Phi) is 4.57. The number of benzene rings is 2. The van der Waals surface area contributed by atoms with Crippen molar-refractivity contribution >= 4 is 22.6 Å². The smallest absolute Gasteiger partial charge is 0.349 e. The Bertz CT molecular complexity index is 984. The maximum absolute atomic E-state index is 12.5. The number of carbonyl (C=O) groups is 1. The molecule has 25 heavy (non-hydrogen) atoms. The molecular formula is C20H19NO4. The highest BCUT2D eigenvalue weighted by atomic mass is 16.5. The molecule has 0 atom stereocenters. The number of nitrogens with one attached hydrogen (secondary N) is 1. The zero-order valence-corrected chi connectivity index (χ0v) is 14.4. The third kappa shape index (κ3) is 3.71. The first-order valence-corrected chi connectivity index (χ1v) is 8.06. The first kappa shape index (κ1) is 16.8. The summed E-state index contributed by atoms with van der Waals surface area (Å²) in [5.41, 5.74) is 2.39. The Labute approximate surface area is 145 Å². The highest BCUT2D eigenvalue weighted by Crippen LogP contribution is 2.21. The molecule has 3 aromatic rings. The summed E-state index contributed by atoms with van der Waals surface area (Å²) in [5.74, 6) is 0.125. The number of fused-ring (bicyclic) bond motifs is 1. The molecule has 0 aliphatic carbocycles. The van der Waals surface area contributed by atoms with E-state index in [4.69, 9.17) is 9.15 Å². The average molecular weight is 337 g/mol. The molecule has 0 spiro atoms. The van der Waals surface area contributed by atoms with E-state index >= 15 is 0 Å². The fourth-order valence-electron chi connectivity index (χ4n) is 2.75. The maximum atomic E-state index is 12.5. The van der Waals surface area contributed by atoms with Gasteiger partial charge in [-0.25, -0.2) is 4.79 Å². The van der Waals surface area contributed by atoms with Gasteiger partial charge in [0.2, 0.25) is 0 Å². The number of rotatable bonds is 4. The maximum Gasteiger partial charge on any atom is 0.349 e. The molecule has 1 aromatic heterocycles. The summed E-state index contributed by atoms with van der Waals surface area (Å²) in [6, 6.07) is 12.4. The second-order valence-corrected chi connectivity index (χ2v) is 5.91. The van der Waals surface area contributed by atoms with Crippen LogP contribution in [0.5, 0.6) is 5.75 Å². The first-order valence-electron chi connectivity index (χ1n) is 8.06. The van der Waals surface area contributed by atoms with E-state index in [0.29, 0.717) is 29.0 Å². The minimum absolute atomic E-state index is 0.0316. The quantitative estimate of drug-likeness (QED) is 0.729. The SMILES string of the molecule is CCOc1ccc2cc(C(=O)Nc3cc(C)cc(C)c3)c(=O)oc2c1. The molecule has 1 N–H and O–H groups in total. The number of aryl methyl sites for hydroxylation is 2. The van der Waals surface area contributed by atoms with Gasteiger partial charge in [0.1, 0.15) is 16.9 Å². The van der Waals surface area contributed by atoms with E-state index in [1.165, 1.54) is 6.07 Å². The van der Waals surface area contributed by atoms with Gasteiger partial charge in [-0.1, -0.05) is 6.07 Å². The van der Waals surface area contributed by atoms with Crippen molar-refractivity contribution in [2.24, 2.45) is 0 Å². The predicted molar refractivity (Wildman–Crippen MR) is 97.5 cm³/mol. The molecule has 5 heteroatoms. The lowest BCUT2D eigenvalue weighted by molar-refractivity contribution is 0.102. The van der Waals surface area contributed by atoms with E-state index in [1.807, 2.05) is 39.0 Å². The first-order chi connectivity index (χ1) is 12.0. The fraction of sp³-hybridized carbons (Fsp3) is 0.200. The van der Waals surface area contributed by atoms with E-state index in [0.717, 1.165) is 11.1 Å². The van der Waals surface area contributed by atoms with Crippen molar-refractivity contribution in [3.8, 4) is 5.75 Å². The van der Waals surface area contributed by atoms with Crippen molar-refractivity contribution in [1.82, 2.24) is 0 Å². The van der Waals surface area contributed by atoms with E-state index in [1.54, 1.807) is 18.2 Å². The van der Waals surface area contributed by atoms with Crippen molar-refractivity contribution in [3.63, 3.8) is 0 Å². The number of anilines is 1. The van der Waals surface area contributed by atoms with Crippen LogP contribution in [0.4, 0.5) is 5.69 Å². The molecule has 1 amide bonds. The van der Waals surface area contributed by atoms with Gasteiger partial charge in [0, 0.05) is 17.1 Å². The molecule has 3 rings (SSSR count).